The summed E-state index contributed by atoms with van der Waals surface area (Å²) < 4.78 is 5.78. The second-order valence-corrected chi connectivity index (χ2v) is 6.28. The Morgan fingerprint density at radius 1 is 1.10 bits per heavy atom. The molecular weight excluding hydrogens is 260 g/mol. The first kappa shape index (κ1) is 16.3. The third kappa shape index (κ3) is 4.72. The highest BCUT2D eigenvalue weighted by molar-refractivity contribution is 5.20. The number of nitrogens with zero attached hydrogens (tertiary/aromatic N) is 1. The predicted octanol–water partition coefficient (Wildman–Crippen LogP) is 3.44. The van der Waals surface area contributed by atoms with E-state index in [-0.39, 0.29) is 5.54 Å². The van der Waals surface area contributed by atoms with E-state index >= 15 is 0 Å². The van der Waals surface area contributed by atoms with Gasteiger partial charge in [-0.3, -0.25) is 4.90 Å². The number of ether oxygens (including phenoxy) is 1. The molecule has 0 aliphatic heterocycles. The molecular formula is C18H30N2O. The first-order chi connectivity index (χ1) is 10.3. The first-order valence-corrected chi connectivity index (χ1v) is 8.36. The molecule has 2 rings (SSSR count). The van der Waals surface area contributed by atoms with E-state index < -0.39 is 0 Å². The molecule has 0 unspecified atom stereocenters. The lowest BCUT2D eigenvalue weighted by Crippen LogP contribution is -2.52. The van der Waals surface area contributed by atoms with Gasteiger partial charge in [-0.2, -0.15) is 0 Å². The number of hydrogen-bond donors (Lipinski definition) is 1. The molecule has 0 bridgehead atoms. The van der Waals surface area contributed by atoms with E-state index in [0.29, 0.717) is 0 Å². The van der Waals surface area contributed by atoms with Crippen LogP contribution in [0.2, 0.25) is 0 Å². The molecule has 0 atom stereocenters. The average Bonchev–Trinajstić information content (AvgIpc) is 2.79. The highest BCUT2D eigenvalue weighted by Crippen LogP contribution is 2.31. The van der Waals surface area contributed by atoms with Crippen molar-refractivity contribution in [2.45, 2.75) is 50.5 Å². The minimum absolute atomic E-state index is 0.225. The van der Waals surface area contributed by atoms with Gasteiger partial charge in [-0.05, 0) is 38.4 Å². The molecule has 1 aliphatic carbocycles. The average molecular weight is 290 g/mol. The van der Waals surface area contributed by atoms with Crippen LogP contribution in [0.4, 0.5) is 0 Å². The van der Waals surface area contributed by atoms with Crippen LogP contribution in [0.5, 0.6) is 5.75 Å². The van der Waals surface area contributed by atoms with E-state index in [4.69, 9.17) is 10.5 Å². The van der Waals surface area contributed by atoms with Crippen molar-refractivity contribution in [1.29, 1.82) is 0 Å². The normalized spacial score (nSPS) is 18.4. The molecule has 1 saturated carbocycles. The Labute approximate surface area is 129 Å². The summed E-state index contributed by atoms with van der Waals surface area (Å²) in [5, 5.41) is 0. The van der Waals surface area contributed by atoms with Crippen molar-refractivity contribution in [2.24, 2.45) is 5.73 Å². The van der Waals surface area contributed by atoms with Gasteiger partial charge in [-0.1, -0.05) is 43.9 Å². The van der Waals surface area contributed by atoms with Gasteiger partial charge in [0.25, 0.3) is 0 Å². The summed E-state index contributed by atoms with van der Waals surface area (Å²) in [6.07, 6.45) is 8.93. The minimum atomic E-state index is 0.225. The summed E-state index contributed by atoms with van der Waals surface area (Å²) in [5.41, 5.74) is 6.36. The zero-order valence-electron chi connectivity index (χ0n) is 13.4. The Hall–Kier alpha value is -1.06. The minimum Gasteiger partial charge on any atom is -0.494 e. The summed E-state index contributed by atoms with van der Waals surface area (Å²) in [4.78, 5) is 2.49. The van der Waals surface area contributed by atoms with Gasteiger partial charge < -0.3 is 10.5 Å². The number of benzene rings is 1. The summed E-state index contributed by atoms with van der Waals surface area (Å²) >= 11 is 0. The van der Waals surface area contributed by atoms with E-state index in [2.05, 4.69) is 11.9 Å². The molecule has 1 fully saturated rings. The largest absolute Gasteiger partial charge is 0.494 e. The first-order valence-electron chi connectivity index (χ1n) is 8.36. The van der Waals surface area contributed by atoms with E-state index in [1.54, 1.807) is 0 Å². The molecule has 1 aromatic carbocycles. The fourth-order valence-corrected chi connectivity index (χ4v) is 3.37. The van der Waals surface area contributed by atoms with Crippen molar-refractivity contribution in [3.05, 3.63) is 30.3 Å². The van der Waals surface area contributed by atoms with Crippen LogP contribution in [0, 0.1) is 0 Å². The maximum absolute atomic E-state index is 6.13. The smallest absolute Gasteiger partial charge is 0.119 e. The SMILES string of the molecule is CN(CCCOc1ccccc1)C1(CN)CCCCCC1. The Morgan fingerprint density at radius 3 is 2.38 bits per heavy atom. The molecule has 3 nitrogen and oxygen atoms in total. The molecule has 1 aromatic rings. The lowest BCUT2D eigenvalue weighted by atomic mass is 9.88. The lowest BCUT2D eigenvalue weighted by molar-refractivity contribution is 0.100. The molecule has 0 radical (unpaired) electrons. The summed E-state index contributed by atoms with van der Waals surface area (Å²) in [6.45, 7) is 2.61. The van der Waals surface area contributed by atoms with Crippen molar-refractivity contribution in [2.75, 3.05) is 26.7 Å². The van der Waals surface area contributed by atoms with Gasteiger partial charge in [-0.25, -0.2) is 0 Å². The van der Waals surface area contributed by atoms with E-state index in [1.807, 2.05) is 30.3 Å². The maximum Gasteiger partial charge on any atom is 0.119 e. The summed E-state index contributed by atoms with van der Waals surface area (Å²) in [5.74, 6) is 0.961. The monoisotopic (exact) mass is 290 g/mol. The Kier molecular flexibility index (Phi) is 6.52. The van der Waals surface area contributed by atoms with Crippen LogP contribution in [-0.4, -0.2) is 37.2 Å². The fraction of sp³-hybridized carbons (Fsp3) is 0.667. The number of para-hydroxylation sites is 1. The Balaban J connectivity index is 1.75. The molecule has 2 N–H and O–H groups in total. The van der Waals surface area contributed by atoms with Crippen molar-refractivity contribution in [1.82, 2.24) is 4.90 Å². The van der Waals surface area contributed by atoms with Crippen molar-refractivity contribution < 1.29 is 4.74 Å². The van der Waals surface area contributed by atoms with Crippen LogP contribution in [-0.2, 0) is 0 Å². The fourth-order valence-electron chi connectivity index (χ4n) is 3.37. The third-order valence-electron chi connectivity index (χ3n) is 4.87. The van der Waals surface area contributed by atoms with E-state index in [1.165, 1.54) is 38.5 Å². The predicted molar refractivity (Wildman–Crippen MR) is 88.7 cm³/mol. The molecule has 1 aliphatic rings. The molecule has 3 heteroatoms. The second kappa shape index (κ2) is 8.40. The van der Waals surface area contributed by atoms with Crippen LogP contribution >= 0.6 is 0 Å². The number of rotatable bonds is 7. The molecule has 0 heterocycles. The molecule has 0 amide bonds. The van der Waals surface area contributed by atoms with E-state index in [0.717, 1.165) is 31.9 Å². The molecule has 0 aromatic heterocycles. The Morgan fingerprint density at radius 2 is 1.76 bits per heavy atom. The number of nitrogens with two attached hydrogens (primary N) is 1. The topological polar surface area (TPSA) is 38.5 Å². The molecule has 0 saturated heterocycles. The second-order valence-electron chi connectivity index (χ2n) is 6.28. The highest BCUT2D eigenvalue weighted by Gasteiger charge is 2.33. The lowest BCUT2D eigenvalue weighted by Gasteiger charge is -2.41. The zero-order valence-corrected chi connectivity index (χ0v) is 13.4. The number of likely N-dealkylation sites (N-methyl/N-ethyl adjacent to an activating group) is 1. The van der Waals surface area contributed by atoms with Gasteiger partial charge in [0.05, 0.1) is 6.61 Å². The third-order valence-corrected chi connectivity index (χ3v) is 4.87. The van der Waals surface area contributed by atoms with E-state index in [9.17, 15) is 0 Å². The molecule has 21 heavy (non-hydrogen) atoms. The van der Waals surface area contributed by atoms with Gasteiger partial charge in [0, 0.05) is 18.6 Å². The van der Waals surface area contributed by atoms with Crippen molar-refractivity contribution in [3.8, 4) is 5.75 Å². The van der Waals surface area contributed by atoms with Crippen LogP contribution < -0.4 is 10.5 Å². The van der Waals surface area contributed by atoms with Crippen LogP contribution in [0.25, 0.3) is 0 Å². The summed E-state index contributed by atoms with van der Waals surface area (Å²) in [6, 6.07) is 10.1. The van der Waals surface area contributed by atoms with Gasteiger partial charge in [0.1, 0.15) is 5.75 Å². The van der Waals surface area contributed by atoms with Gasteiger partial charge >= 0.3 is 0 Å². The van der Waals surface area contributed by atoms with Crippen molar-refractivity contribution in [3.63, 3.8) is 0 Å². The van der Waals surface area contributed by atoms with Crippen LogP contribution in [0.15, 0.2) is 30.3 Å². The number of hydrogen-bond acceptors (Lipinski definition) is 3. The standard InChI is InChI=1S/C18H30N2O/c1-20(18(16-19)12-7-2-3-8-13-18)14-9-15-21-17-10-5-4-6-11-17/h4-6,10-11H,2-3,7-9,12-16,19H2,1H3. The Bertz CT molecular complexity index is 385. The quantitative estimate of drug-likeness (QED) is 0.617. The zero-order chi connectivity index (χ0) is 15.0. The van der Waals surface area contributed by atoms with Gasteiger partial charge in [-0.15, -0.1) is 0 Å². The highest BCUT2D eigenvalue weighted by atomic mass is 16.5. The summed E-state index contributed by atoms with van der Waals surface area (Å²) in [7, 11) is 2.24. The van der Waals surface area contributed by atoms with Crippen molar-refractivity contribution >= 4 is 0 Å². The van der Waals surface area contributed by atoms with Crippen LogP contribution in [0.3, 0.4) is 0 Å². The van der Waals surface area contributed by atoms with Gasteiger partial charge in [0.15, 0.2) is 0 Å². The maximum atomic E-state index is 6.13. The molecule has 118 valence electrons. The van der Waals surface area contributed by atoms with Crippen LogP contribution in [0.1, 0.15) is 44.9 Å². The molecule has 0 spiro atoms. The van der Waals surface area contributed by atoms with Gasteiger partial charge in [0.2, 0.25) is 0 Å².